The number of aliphatic imine (C=N–C) groups is 1. The van der Waals surface area contributed by atoms with Crippen molar-refractivity contribution < 1.29 is 23.8 Å². The average Bonchev–Trinajstić information content (AvgIpc) is 3.75. The number of carbonyl (C=O) groups excluding carboxylic acids is 2. The van der Waals surface area contributed by atoms with Gasteiger partial charge in [0.05, 0.1) is 30.1 Å². The quantitative estimate of drug-likeness (QED) is 0.0454. The van der Waals surface area contributed by atoms with E-state index in [0.29, 0.717) is 38.3 Å². The number of hydrogen-bond acceptors (Lipinski definition) is 6. The van der Waals surface area contributed by atoms with Gasteiger partial charge in [-0.15, -0.1) is 0 Å². The number of carbonyl (C=O) groups is 2. The lowest BCUT2D eigenvalue weighted by molar-refractivity contribution is -0.157. The fourth-order valence-electron chi connectivity index (χ4n) is 8.06. The van der Waals surface area contributed by atoms with Crippen molar-refractivity contribution >= 4 is 37.3 Å². The van der Waals surface area contributed by atoms with Crippen molar-refractivity contribution in [3.05, 3.63) is 137 Å². The summed E-state index contributed by atoms with van der Waals surface area (Å²) in [5.41, 5.74) is 5.42. The minimum atomic E-state index is -1.21. The van der Waals surface area contributed by atoms with Crippen molar-refractivity contribution in [1.29, 1.82) is 0 Å². The van der Waals surface area contributed by atoms with Crippen molar-refractivity contribution in [2.75, 3.05) is 20.7 Å². The van der Waals surface area contributed by atoms with E-state index in [9.17, 15) is 4.79 Å². The molecule has 4 aromatic carbocycles. The first-order valence-electron chi connectivity index (χ1n) is 20.6. The molecule has 2 saturated heterocycles. The van der Waals surface area contributed by atoms with Crippen LogP contribution in [0.5, 0.6) is 0 Å². The van der Waals surface area contributed by atoms with Crippen molar-refractivity contribution in [1.82, 2.24) is 24.5 Å². The summed E-state index contributed by atoms with van der Waals surface area (Å²) >= 11 is 0. The number of nitrogens with zero attached hydrogens (tertiary/aromatic N) is 6. The minimum Gasteiger partial charge on any atom is -0.369 e. The summed E-state index contributed by atoms with van der Waals surface area (Å²) in [7, 11) is 2.43. The molecule has 7 rings (SSSR count). The second-order valence-electron chi connectivity index (χ2n) is 17.7. The van der Waals surface area contributed by atoms with Gasteiger partial charge in [0.15, 0.2) is 5.79 Å². The molecule has 0 unspecified atom stereocenters. The molecule has 4 atom stereocenters. The summed E-state index contributed by atoms with van der Waals surface area (Å²) in [5, 5.41) is 5.65. The monoisotopic (exact) mass is 814 g/mol. The molecule has 0 N–H and O–H groups in total. The van der Waals surface area contributed by atoms with E-state index in [2.05, 4.69) is 72.2 Å². The molecule has 12 heteroatoms. The van der Waals surface area contributed by atoms with Crippen LogP contribution in [0.3, 0.4) is 0 Å². The second-order valence-corrected chi connectivity index (χ2v) is 23.3. The zero-order chi connectivity index (χ0) is 41.7. The summed E-state index contributed by atoms with van der Waals surface area (Å²) in [6.45, 7) is 12.7. The summed E-state index contributed by atoms with van der Waals surface area (Å²) in [6, 6.07) is 34.4. The minimum absolute atomic E-state index is 0.125. The van der Waals surface area contributed by atoms with Crippen LogP contribution in [0.15, 0.2) is 114 Å². The van der Waals surface area contributed by atoms with E-state index in [4.69, 9.17) is 14.2 Å². The zero-order valence-corrected chi connectivity index (χ0v) is 36.5. The van der Waals surface area contributed by atoms with E-state index in [1.54, 1.807) is 11.0 Å². The van der Waals surface area contributed by atoms with E-state index >= 15 is 4.79 Å². The lowest BCUT2D eigenvalue weighted by Gasteiger charge is -2.37. The fourth-order valence-corrected chi connectivity index (χ4v) is 8.81. The van der Waals surface area contributed by atoms with Crippen molar-refractivity contribution in [2.24, 2.45) is 4.99 Å². The van der Waals surface area contributed by atoms with Gasteiger partial charge in [-0.25, -0.2) is 9.48 Å². The van der Waals surface area contributed by atoms with Crippen LogP contribution in [0.1, 0.15) is 46.5 Å². The van der Waals surface area contributed by atoms with Crippen molar-refractivity contribution in [3.8, 4) is 0 Å². The number of rotatable bonds is 15. The number of amides is 3. The Kier molecular flexibility index (Phi) is 12.8. The van der Waals surface area contributed by atoms with Crippen LogP contribution in [0, 0.1) is 0 Å². The maximum atomic E-state index is 15.6. The lowest BCUT2D eigenvalue weighted by Crippen LogP contribution is -2.51. The average molecular weight is 815 g/mol. The normalized spacial score (nSPS) is 20.6. The molecule has 2 fully saturated rings. The first-order chi connectivity index (χ1) is 28.2. The molecule has 1 aromatic heterocycles. The molecule has 310 valence electrons. The molecule has 3 heterocycles. The van der Waals surface area contributed by atoms with Gasteiger partial charge in [0.25, 0.3) is 5.91 Å². The number of benzene rings is 4. The Morgan fingerprint density at radius 1 is 0.814 bits per heavy atom. The van der Waals surface area contributed by atoms with E-state index in [0.717, 1.165) is 39.2 Å². The molecule has 59 heavy (non-hydrogen) atoms. The molecule has 5 aromatic rings. The van der Waals surface area contributed by atoms with Gasteiger partial charge < -0.3 is 28.9 Å². The molecule has 0 spiro atoms. The maximum absolute atomic E-state index is 15.6. The van der Waals surface area contributed by atoms with Gasteiger partial charge >= 0.3 is 6.03 Å². The van der Waals surface area contributed by atoms with Gasteiger partial charge in [0, 0.05) is 52.8 Å². The Morgan fingerprint density at radius 3 is 1.97 bits per heavy atom. The van der Waals surface area contributed by atoms with Crippen molar-refractivity contribution in [3.63, 3.8) is 0 Å². The SMILES string of the molecule is CN(C)C=NC(=O)c1cccc(CN2C(=O)N(Cc3ccc4c(cnn4COCC[Si](C)(C)C)c3)[C@H](Cc3ccccc3)[C@@H]3OC(C)(C)O[C@H]3[C@H]2Cc2ccccc2)c1. The predicted molar refractivity (Wildman–Crippen MR) is 235 cm³/mol. The third kappa shape index (κ3) is 10.5. The number of fused-ring (bicyclic) bond motifs is 2. The van der Waals surface area contributed by atoms with E-state index in [1.807, 2.05) is 103 Å². The summed E-state index contributed by atoms with van der Waals surface area (Å²) in [4.78, 5) is 38.6. The molecule has 2 aliphatic rings. The van der Waals surface area contributed by atoms with Crippen LogP contribution in [0.2, 0.25) is 25.7 Å². The van der Waals surface area contributed by atoms with Gasteiger partial charge in [-0.3, -0.25) is 4.79 Å². The molecular weight excluding hydrogens is 757 g/mol. The Labute approximate surface area is 349 Å². The third-order valence-electron chi connectivity index (χ3n) is 11.0. The van der Waals surface area contributed by atoms with Crippen LogP contribution in [-0.4, -0.2) is 102 Å². The summed E-state index contributed by atoms with van der Waals surface area (Å²) < 4.78 is 21.7. The fraction of sp³-hybridized carbons (Fsp3) is 0.404. The number of hydrogen-bond donors (Lipinski definition) is 0. The predicted octanol–water partition coefficient (Wildman–Crippen LogP) is 8.26. The smallest absolute Gasteiger partial charge is 0.321 e. The molecule has 3 amide bonds. The van der Waals surface area contributed by atoms with Gasteiger partial charge in [0.1, 0.15) is 18.9 Å². The van der Waals surface area contributed by atoms with E-state index in [-0.39, 0.29) is 24.5 Å². The summed E-state index contributed by atoms with van der Waals surface area (Å²) in [6.07, 6.45) is 3.60. The molecule has 0 bridgehead atoms. The molecule has 11 nitrogen and oxygen atoms in total. The Morgan fingerprint density at radius 2 is 1.39 bits per heavy atom. The van der Waals surface area contributed by atoms with Gasteiger partial charge in [-0.1, -0.05) is 98.5 Å². The summed E-state index contributed by atoms with van der Waals surface area (Å²) in [5.74, 6) is -1.24. The Balaban J connectivity index is 1.28. The van der Waals surface area contributed by atoms with Gasteiger partial charge in [-0.05, 0) is 79.3 Å². The van der Waals surface area contributed by atoms with Crippen LogP contribution < -0.4 is 0 Å². The third-order valence-corrected chi connectivity index (χ3v) is 12.7. The Hall–Kier alpha value is -5.14. The van der Waals surface area contributed by atoms with Crippen LogP contribution in [0.25, 0.3) is 10.9 Å². The van der Waals surface area contributed by atoms with Crippen LogP contribution in [-0.2, 0) is 46.9 Å². The zero-order valence-electron chi connectivity index (χ0n) is 35.5. The molecule has 0 saturated carbocycles. The number of aromatic nitrogens is 2. The topological polar surface area (TPSA) is 102 Å². The van der Waals surface area contributed by atoms with Gasteiger partial charge in [0.2, 0.25) is 0 Å². The standard InChI is InChI=1S/C47H58N6O5Si/c1-47(2)57-43-41(27-34-15-10-8-11-16-34)51(30-36-19-14-20-38(25-36)45(54)48-32-50(3)4)46(55)52(42(44(43)58-47)28-35-17-12-9-13-18-35)31-37-21-22-40-39(26-37)29-49-53(40)33-56-23-24-59(5,6)7/h8-22,25-26,29,32,41-44H,23-24,27-28,30-31,33H2,1-7H3/t41-,42-,43+,44+/m1/s1. The van der Waals surface area contributed by atoms with Crippen LogP contribution in [0.4, 0.5) is 4.79 Å². The van der Waals surface area contributed by atoms with E-state index in [1.165, 1.54) is 6.34 Å². The largest absolute Gasteiger partial charge is 0.369 e. The highest BCUT2D eigenvalue weighted by molar-refractivity contribution is 6.76. The molecule has 2 aliphatic heterocycles. The van der Waals surface area contributed by atoms with Crippen LogP contribution >= 0.6 is 0 Å². The van der Waals surface area contributed by atoms with E-state index < -0.39 is 32.1 Å². The number of ether oxygens (including phenoxy) is 3. The second kappa shape index (κ2) is 18.0. The highest BCUT2D eigenvalue weighted by Gasteiger charge is 2.55. The van der Waals surface area contributed by atoms with Crippen molar-refractivity contribution in [2.45, 2.75) is 102 Å². The Bertz CT molecular complexity index is 2240. The first-order valence-corrected chi connectivity index (χ1v) is 24.3. The highest BCUT2D eigenvalue weighted by atomic mass is 28.3. The molecule has 0 aliphatic carbocycles. The van der Waals surface area contributed by atoms with Gasteiger partial charge in [-0.2, -0.15) is 10.1 Å². The molecular formula is C47H58N6O5Si. The maximum Gasteiger partial charge on any atom is 0.321 e. The highest BCUT2D eigenvalue weighted by Crippen LogP contribution is 2.40. The molecule has 0 radical (unpaired) electrons. The first kappa shape index (κ1) is 42.0. The number of urea groups is 1. The lowest BCUT2D eigenvalue weighted by atomic mass is 9.91.